The summed E-state index contributed by atoms with van der Waals surface area (Å²) in [4.78, 5) is 31.0. The minimum absolute atomic E-state index is 0.181. The fourth-order valence-corrected chi connectivity index (χ4v) is 3.01. The van der Waals surface area contributed by atoms with Crippen molar-refractivity contribution in [2.24, 2.45) is 0 Å². The summed E-state index contributed by atoms with van der Waals surface area (Å²) in [5.41, 5.74) is 1.90. The molecular formula is C20H24N4O4. The molecule has 1 aromatic carbocycles. The molecule has 148 valence electrons. The van der Waals surface area contributed by atoms with E-state index in [1.54, 1.807) is 19.1 Å². The Morgan fingerprint density at radius 3 is 2.75 bits per heavy atom. The molecule has 1 atom stereocenters. The van der Waals surface area contributed by atoms with E-state index in [9.17, 15) is 14.7 Å². The van der Waals surface area contributed by atoms with Crippen molar-refractivity contribution in [1.82, 2.24) is 19.5 Å². The first-order valence-corrected chi connectivity index (χ1v) is 9.14. The summed E-state index contributed by atoms with van der Waals surface area (Å²) < 4.78 is 6.26. The van der Waals surface area contributed by atoms with Crippen molar-refractivity contribution in [3.63, 3.8) is 0 Å². The maximum atomic E-state index is 12.4. The van der Waals surface area contributed by atoms with Crippen molar-refractivity contribution < 1.29 is 14.6 Å². The van der Waals surface area contributed by atoms with Crippen LogP contribution in [0.5, 0.6) is 5.75 Å². The van der Waals surface area contributed by atoms with Gasteiger partial charge in [-0.1, -0.05) is 12.1 Å². The molecule has 0 fully saturated rings. The minimum atomic E-state index is -0.514. The van der Waals surface area contributed by atoms with Crippen LogP contribution in [0.1, 0.15) is 35.5 Å². The average molecular weight is 384 g/mol. The summed E-state index contributed by atoms with van der Waals surface area (Å²) >= 11 is 0. The van der Waals surface area contributed by atoms with E-state index in [2.05, 4.69) is 21.9 Å². The first-order chi connectivity index (χ1) is 13.4. The van der Waals surface area contributed by atoms with Gasteiger partial charge in [-0.05, 0) is 45.0 Å². The SMILES string of the molecule is CCOC(=O)c1c[nH]n2c(=O)cc(CN(C)[C@@H](C)Cc3ccc(O)cc3)nc12. The van der Waals surface area contributed by atoms with Crippen LogP contribution in [-0.2, 0) is 17.7 Å². The Hall–Kier alpha value is -3.13. The van der Waals surface area contributed by atoms with Gasteiger partial charge in [-0.25, -0.2) is 14.3 Å². The van der Waals surface area contributed by atoms with Gasteiger partial charge < -0.3 is 9.84 Å². The first kappa shape index (κ1) is 19.6. The van der Waals surface area contributed by atoms with Crippen molar-refractivity contribution in [2.75, 3.05) is 13.7 Å². The molecule has 28 heavy (non-hydrogen) atoms. The summed E-state index contributed by atoms with van der Waals surface area (Å²) in [5, 5.41) is 12.1. The second-order valence-corrected chi connectivity index (χ2v) is 6.79. The quantitative estimate of drug-likeness (QED) is 0.604. The van der Waals surface area contributed by atoms with Gasteiger partial charge in [0.05, 0.1) is 12.3 Å². The zero-order valence-electron chi connectivity index (χ0n) is 16.2. The molecule has 2 heterocycles. The van der Waals surface area contributed by atoms with Crippen LogP contribution in [0.15, 0.2) is 41.3 Å². The number of carbonyl (C=O) groups excluding carboxylic acids is 1. The van der Waals surface area contributed by atoms with Crippen LogP contribution < -0.4 is 5.56 Å². The number of ether oxygens (including phenoxy) is 1. The van der Waals surface area contributed by atoms with Crippen LogP contribution in [-0.4, -0.2) is 50.3 Å². The normalized spacial score (nSPS) is 12.4. The number of aromatic amines is 1. The van der Waals surface area contributed by atoms with E-state index in [0.29, 0.717) is 12.2 Å². The number of aromatic hydroxyl groups is 1. The molecule has 0 amide bonds. The van der Waals surface area contributed by atoms with Crippen LogP contribution in [0, 0.1) is 0 Å². The van der Waals surface area contributed by atoms with Gasteiger partial charge in [-0.2, -0.15) is 0 Å². The lowest BCUT2D eigenvalue weighted by Crippen LogP contribution is -2.31. The summed E-state index contributed by atoms with van der Waals surface area (Å²) in [6.07, 6.45) is 2.22. The summed E-state index contributed by atoms with van der Waals surface area (Å²) in [6.45, 7) is 4.51. The highest BCUT2D eigenvalue weighted by atomic mass is 16.5. The van der Waals surface area contributed by atoms with Crippen molar-refractivity contribution in [2.45, 2.75) is 32.9 Å². The van der Waals surface area contributed by atoms with E-state index < -0.39 is 5.97 Å². The molecule has 0 aliphatic carbocycles. The number of fused-ring (bicyclic) bond motifs is 1. The van der Waals surface area contributed by atoms with Crippen molar-refractivity contribution in [1.29, 1.82) is 0 Å². The van der Waals surface area contributed by atoms with E-state index in [4.69, 9.17) is 4.74 Å². The fraction of sp³-hybridized carbons (Fsp3) is 0.350. The van der Waals surface area contributed by atoms with E-state index in [1.165, 1.54) is 16.8 Å². The molecule has 0 saturated heterocycles. The van der Waals surface area contributed by atoms with Crippen molar-refractivity contribution >= 4 is 11.6 Å². The molecule has 0 radical (unpaired) electrons. The largest absolute Gasteiger partial charge is 0.508 e. The summed E-state index contributed by atoms with van der Waals surface area (Å²) in [6, 6.07) is 8.76. The number of phenolic OH excluding ortho intramolecular Hbond substituents is 1. The number of phenols is 1. The molecule has 0 bridgehead atoms. The number of esters is 1. The standard InChI is InChI=1S/C20H24N4O4/c1-4-28-20(27)17-11-21-24-18(26)10-15(22-19(17)24)12-23(3)13(2)9-14-5-7-16(25)8-6-14/h5-8,10-11,13,21,25H,4,9,12H2,1-3H3/t13-/m0/s1. The molecular weight excluding hydrogens is 360 g/mol. The van der Waals surface area contributed by atoms with Gasteiger partial charge in [0.1, 0.15) is 11.3 Å². The number of likely N-dealkylation sites (N-methyl/N-ethyl adjacent to an activating group) is 1. The van der Waals surface area contributed by atoms with Gasteiger partial charge in [0, 0.05) is 24.8 Å². The van der Waals surface area contributed by atoms with Gasteiger partial charge >= 0.3 is 5.97 Å². The molecule has 3 rings (SSSR count). The average Bonchev–Trinajstić information content (AvgIpc) is 3.08. The Balaban J connectivity index is 1.79. The number of aromatic nitrogens is 3. The summed E-state index contributed by atoms with van der Waals surface area (Å²) in [7, 11) is 1.96. The Bertz CT molecular complexity index is 1020. The number of nitrogens with zero attached hydrogens (tertiary/aromatic N) is 3. The Morgan fingerprint density at radius 1 is 1.36 bits per heavy atom. The third-order valence-electron chi connectivity index (χ3n) is 4.68. The number of H-pyrrole nitrogens is 1. The fourth-order valence-electron chi connectivity index (χ4n) is 3.01. The Kier molecular flexibility index (Phi) is 5.79. The van der Waals surface area contributed by atoms with Gasteiger partial charge in [0.25, 0.3) is 5.56 Å². The zero-order chi connectivity index (χ0) is 20.3. The molecule has 8 heteroatoms. The molecule has 0 spiro atoms. The maximum absolute atomic E-state index is 12.4. The number of carbonyl (C=O) groups is 1. The van der Waals surface area contributed by atoms with Crippen LogP contribution in [0.3, 0.4) is 0 Å². The second-order valence-electron chi connectivity index (χ2n) is 6.79. The molecule has 0 saturated carbocycles. The van der Waals surface area contributed by atoms with E-state index in [0.717, 1.165) is 12.0 Å². The Morgan fingerprint density at radius 2 is 2.07 bits per heavy atom. The highest BCUT2D eigenvalue weighted by Gasteiger charge is 2.18. The molecule has 0 unspecified atom stereocenters. The second kappa shape index (κ2) is 8.26. The summed E-state index contributed by atoms with van der Waals surface area (Å²) in [5.74, 6) is -0.272. The smallest absolute Gasteiger partial charge is 0.343 e. The molecule has 0 aliphatic heterocycles. The number of rotatable bonds is 7. The minimum Gasteiger partial charge on any atom is -0.508 e. The van der Waals surface area contributed by atoms with Gasteiger partial charge in [-0.15, -0.1) is 0 Å². The highest BCUT2D eigenvalue weighted by molar-refractivity contribution is 5.95. The third-order valence-corrected chi connectivity index (χ3v) is 4.68. The maximum Gasteiger partial charge on any atom is 0.343 e. The lowest BCUT2D eigenvalue weighted by atomic mass is 10.1. The van der Waals surface area contributed by atoms with Gasteiger partial charge in [0.15, 0.2) is 5.65 Å². The molecule has 0 aliphatic rings. The number of hydrogen-bond donors (Lipinski definition) is 2. The monoisotopic (exact) mass is 384 g/mol. The number of hydrogen-bond acceptors (Lipinski definition) is 6. The first-order valence-electron chi connectivity index (χ1n) is 9.14. The number of nitrogens with one attached hydrogen (secondary N) is 1. The van der Waals surface area contributed by atoms with Crippen LogP contribution in [0.25, 0.3) is 5.65 Å². The van der Waals surface area contributed by atoms with E-state index in [-0.39, 0.29) is 35.2 Å². The van der Waals surface area contributed by atoms with Gasteiger partial charge in [0.2, 0.25) is 0 Å². The number of benzene rings is 1. The molecule has 8 nitrogen and oxygen atoms in total. The lowest BCUT2D eigenvalue weighted by Gasteiger charge is -2.24. The molecule has 3 aromatic rings. The van der Waals surface area contributed by atoms with Crippen LogP contribution >= 0.6 is 0 Å². The van der Waals surface area contributed by atoms with Crippen LogP contribution in [0.2, 0.25) is 0 Å². The predicted molar refractivity (Wildman–Crippen MR) is 105 cm³/mol. The zero-order valence-corrected chi connectivity index (χ0v) is 16.2. The Labute approximate surface area is 162 Å². The van der Waals surface area contributed by atoms with E-state index >= 15 is 0 Å². The third kappa shape index (κ3) is 4.23. The molecule has 2 N–H and O–H groups in total. The topological polar surface area (TPSA) is 99.9 Å². The highest BCUT2D eigenvalue weighted by Crippen LogP contribution is 2.15. The van der Waals surface area contributed by atoms with E-state index in [1.807, 2.05) is 19.2 Å². The molecule has 2 aromatic heterocycles. The predicted octanol–water partition coefficient (Wildman–Crippen LogP) is 1.97. The lowest BCUT2D eigenvalue weighted by molar-refractivity contribution is 0.0528. The van der Waals surface area contributed by atoms with Crippen molar-refractivity contribution in [3.8, 4) is 5.75 Å². The van der Waals surface area contributed by atoms with Crippen LogP contribution in [0.4, 0.5) is 0 Å². The van der Waals surface area contributed by atoms with Gasteiger partial charge in [-0.3, -0.25) is 14.8 Å². The van der Waals surface area contributed by atoms with Crippen molar-refractivity contribution in [3.05, 3.63) is 63.7 Å².